The second-order valence-corrected chi connectivity index (χ2v) is 5.97. The number of halogens is 1. The van der Waals surface area contributed by atoms with Crippen molar-refractivity contribution in [3.63, 3.8) is 0 Å². The molecule has 2 aromatic heterocycles. The third-order valence-corrected chi connectivity index (χ3v) is 4.41. The van der Waals surface area contributed by atoms with Gasteiger partial charge in [0.05, 0.1) is 12.7 Å². The van der Waals surface area contributed by atoms with E-state index >= 15 is 0 Å². The van der Waals surface area contributed by atoms with Gasteiger partial charge in [0, 0.05) is 18.7 Å². The number of carbonyl (C=O) groups excluding carboxylic acids is 1. The van der Waals surface area contributed by atoms with Crippen molar-refractivity contribution in [3.05, 3.63) is 71.9 Å². The van der Waals surface area contributed by atoms with E-state index in [9.17, 15) is 9.18 Å². The van der Waals surface area contributed by atoms with Gasteiger partial charge in [-0.1, -0.05) is 30.9 Å². The molecule has 0 unspecified atom stereocenters. The summed E-state index contributed by atoms with van der Waals surface area (Å²) in [5, 5.41) is 8.36. The maximum absolute atomic E-state index is 13.1. The molecule has 0 saturated heterocycles. The van der Waals surface area contributed by atoms with Crippen molar-refractivity contribution in [2.45, 2.75) is 13.1 Å². The van der Waals surface area contributed by atoms with E-state index in [1.807, 2.05) is 22.8 Å². The lowest BCUT2D eigenvalue weighted by Crippen LogP contribution is -2.38. The molecule has 1 aromatic carbocycles. The van der Waals surface area contributed by atoms with E-state index in [0.29, 0.717) is 42.5 Å². The number of pyridine rings is 1. The quantitative estimate of drug-likeness (QED) is 0.729. The standard InChI is InChI=1S/C19H16FN5O/c1-2-13-5-3-4-6-15(13)19(26)24-9-10-25-17(12-24)22-23-18(25)16-8-7-14(20)11-21-16/h2-8,11H,1,9-10,12H2. The Morgan fingerprint density at radius 2 is 2.00 bits per heavy atom. The maximum Gasteiger partial charge on any atom is 0.254 e. The first kappa shape index (κ1) is 16.1. The van der Waals surface area contributed by atoms with Crippen LogP contribution in [0, 0.1) is 5.82 Å². The number of nitrogens with zero attached hydrogens (tertiary/aromatic N) is 5. The van der Waals surface area contributed by atoms with Crippen molar-refractivity contribution < 1.29 is 9.18 Å². The SMILES string of the molecule is C=Cc1ccccc1C(=O)N1CCn2c(nnc2-c2ccc(F)cn2)C1. The van der Waals surface area contributed by atoms with Crippen LogP contribution in [-0.4, -0.2) is 37.1 Å². The largest absolute Gasteiger partial charge is 0.329 e. The molecule has 4 rings (SSSR count). The third-order valence-electron chi connectivity index (χ3n) is 4.41. The normalized spacial score (nSPS) is 13.3. The van der Waals surface area contributed by atoms with E-state index in [2.05, 4.69) is 21.8 Å². The van der Waals surface area contributed by atoms with Crippen molar-refractivity contribution in [2.75, 3.05) is 6.54 Å². The second-order valence-electron chi connectivity index (χ2n) is 5.97. The van der Waals surface area contributed by atoms with Crippen LogP contribution < -0.4 is 0 Å². The van der Waals surface area contributed by atoms with Gasteiger partial charge in [-0.25, -0.2) is 9.37 Å². The average Bonchev–Trinajstić information content (AvgIpc) is 3.11. The van der Waals surface area contributed by atoms with Gasteiger partial charge in [-0.05, 0) is 23.8 Å². The van der Waals surface area contributed by atoms with Crippen LogP contribution in [0.3, 0.4) is 0 Å². The van der Waals surface area contributed by atoms with Crippen LogP contribution in [0.1, 0.15) is 21.7 Å². The number of carbonyl (C=O) groups is 1. The topological polar surface area (TPSA) is 63.9 Å². The molecule has 0 fully saturated rings. The van der Waals surface area contributed by atoms with Crippen LogP contribution in [0.2, 0.25) is 0 Å². The zero-order chi connectivity index (χ0) is 18.1. The van der Waals surface area contributed by atoms with E-state index in [1.165, 1.54) is 6.07 Å². The second kappa shape index (κ2) is 6.51. The molecule has 1 aliphatic rings. The average molecular weight is 349 g/mol. The summed E-state index contributed by atoms with van der Waals surface area (Å²) in [6.45, 7) is 5.21. The Hall–Kier alpha value is -3.35. The maximum atomic E-state index is 13.1. The number of hydrogen-bond donors (Lipinski definition) is 0. The first-order valence-corrected chi connectivity index (χ1v) is 8.22. The smallest absolute Gasteiger partial charge is 0.254 e. The number of rotatable bonds is 3. The summed E-state index contributed by atoms with van der Waals surface area (Å²) in [6, 6.07) is 10.3. The Bertz CT molecular complexity index is 980. The molecule has 0 atom stereocenters. The minimum atomic E-state index is -0.398. The lowest BCUT2D eigenvalue weighted by molar-refractivity contribution is 0.0707. The predicted molar refractivity (Wildman–Crippen MR) is 94.5 cm³/mol. The van der Waals surface area contributed by atoms with E-state index < -0.39 is 5.82 Å². The predicted octanol–water partition coefficient (Wildman–Crippen LogP) is 2.78. The fourth-order valence-electron chi connectivity index (χ4n) is 3.07. The summed E-state index contributed by atoms with van der Waals surface area (Å²) in [5.74, 6) is 0.807. The Balaban J connectivity index is 1.60. The van der Waals surface area contributed by atoms with Crippen molar-refractivity contribution in [2.24, 2.45) is 0 Å². The van der Waals surface area contributed by atoms with Gasteiger partial charge in [-0.2, -0.15) is 0 Å². The van der Waals surface area contributed by atoms with E-state index in [4.69, 9.17) is 0 Å². The van der Waals surface area contributed by atoms with Crippen LogP contribution in [0.4, 0.5) is 4.39 Å². The van der Waals surface area contributed by atoms with Gasteiger partial charge in [-0.15, -0.1) is 10.2 Å². The molecule has 6 nitrogen and oxygen atoms in total. The van der Waals surface area contributed by atoms with Crippen molar-refractivity contribution in [3.8, 4) is 11.5 Å². The minimum Gasteiger partial charge on any atom is -0.329 e. The lowest BCUT2D eigenvalue weighted by Gasteiger charge is -2.28. The fourth-order valence-corrected chi connectivity index (χ4v) is 3.07. The Morgan fingerprint density at radius 3 is 2.77 bits per heavy atom. The highest BCUT2D eigenvalue weighted by molar-refractivity contribution is 5.97. The fraction of sp³-hybridized carbons (Fsp3) is 0.158. The zero-order valence-electron chi connectivity index (χ0n) is 14.0. The number of hydrogen-bond acceptors (Lipinski definition) is 4. The molecule has 0 radical (unpaired) electrons. The summed E-state index contributed by atoms with van der Waals surface area (Å²) >= 11 is 0. The van der Waals surface area contributed by atoms with Crippen molar-refractivity contribution in [1.29, 1.82) is 0 Å². The molecule has 3 heterocycles. The number of aromatic nitrogens is 4. The molecule has 1 amide bonds. The lowest BCUT2D eigenvalue weighted by atomic mass is 10.1. The molecule has 0 saturated carbocycles. The van der Waals surface area contributed by atoms with Gasteiger partial charge >= 0.3 is 0 Å². The van der Waals surface area contributed by atoms with Gasteiger partial charge in [0.25, 0.3) is 5.91 Å². The molecule has 0 spiro atoms. The highest BCUT2D eigenvalue weighted by Gasteiger charge is 2.26. The van der Waals surface area contributed by atoms with Crippen LogP contribution >= 0.6 is 0 Å². The highest BCUT2D eigenvalue weighted by atomic mass is 19.1. The van der Waals surface area contributed by atoms with Gasteiger partial charge in [0.1, 0.15) is 11.5 Å². The number of fused-ring (bicyclic) bond motifs is 1. The van der Waals surface area contributed by atoms with E-state index in [0.717, 1.165) is 11.8 Å². The Kier molecular flexibility index (Phi) is 4.04. The van der Waals surface area contributed by atoms with Crippen LogP contribution in [0.25, 0.3) is 17.6 Å². The third kappa shape index (κ3) is 2.77. The van der Waals surface area contributed by atoms with Gasteiger partial charge in [0.2, 0.25) is 0 Å². The summed E-state index contributed by atoms with van der Waals surface area (Å²) in [5.41, 5.74) is 1.98. The molecule has 1 aliphatic heterocycles. The first-order valence-electron chi connectivity index (χ1n) is 8.22. The van der Waals surface area contributed by atoms with Gasteiger partial charge in [-0.3, -0.25) is 4.79 Å². The Morgan fingerprint density at radius 1 is 1.15 bits per heavy atom. The van der Waals surface area contributed by atoms with Crippen LogP contribution in [-0.2, 0) is 13.1 Å². The molecule has 26 heavy (non-hydrogen) atoms. The molecular weight excluding hydrogens is 333 g/mol. The van der Waals surface area contributed by atoms with Crippen molar-refractivity contribution in [1.82, 2.24) is 24.6 Å². The molecule has 3 aromatic rings. The zero-order valence-corrected chi connectivity index (χ0v) is 14.0. The van der Waals surface area contributed by atoms with E-state index in [1.54, 1.807) is 23.1 Å². The first-order chi connectivity index (χ1) is 12.7. The summed E-state index contributed by atoms with van der Waals surface area (Å²) in [4.78, 5) is 18.7. The molecular formula is C19H16FN5O. The molecule has 0 N–H and O–H groups in total. The van der Waals surface area contributed by atoms with Crippen LogP contribution in [0.5, 0.6) is 0 Å². The number of benzene rings is 1. The monoisotopic (exact) mass is 349 g/mol. The Labute approximate surface area is 149 Å². The summed E-state index contributed by atoms with van der Waals surface area (Å²) in [7, 11) is 0. The minimum absolute atomic E-state index is 0.0591. The molecule has 0 aliphatic carbocycles. The molecule has 0 bridgehead atoms. The van der Waals surface area contributed by atoms with Crippen LogP contribution in [0.15, 0.2) is 49.2 Å². The van der Waals surface area contributed by atoms with Gasteiger partial charge in [0.15, 0.2) is 11.6 Å². The number of amides is 1. The van der Waals surface area contributed by atoms with Gasteiger partial charge < -0.3 is 9.47 Å². The van der Waals surface area contributed by atoms with Crippen molar-refractivity contribution >= 4 is 12.0 Å². The highest BCUT2D eigenvalue weighted by Crippen LogP contribution is 2.22. The molecule has 130 valence electrons. The summed E-state index contributed by atoms with van der Waals surface area (Å²) in [6.07, 6.45) is 2.83. The van der Waals surface area contributed by atoms with E-state index in [-0.39, 0.29) is 5.91 Å². The molecule has 7 heteroatoms. The summed E-state index contributed by atoms with van der Waals surface area (Å²) < 4.78 is 15.0.